The van der Waals surface area contributed by atoms with Gasteiger partial charge in [-0.3, -0.25) is 5.41 Å². The lowest BCUT2D eigenvalue weighted by molar-refractivity contribution is 0.454. The number of thioether (sulfide) groups is 1. The molecule has 88 valence electrons. The van der Waals surface area contributed by atoms with E-state index < -0.39 is 0 Å². The SMILES string of the molecule is Cc1coc(SCc2ccccc2C(=N)N)n1. The summed E-state index contributed by atoms with van der Waals surface area (Å²) < 4.78 is 5.25. The van der Waals surface area contributed by atoms with Crippen molar-refractivity contribution in [3.05, 3.63) is 47.3 Å². The standard InChI is InChI=1S/C12H13N3OS/c1-8-6-16-12(15-8)17-7-9-4-2-3-5-10(9)11(13)14/h2-6H,7H2,1H3,(H3,13,14). The summed E-state index contributed by atoms with van der Waals surface area (Å²) in [6.45, 7) is 1.89. The van der Waals surface area contributed by atoms with Crippen molar-refractivity contribution in [1.29, 1.82) is 5.41 Å². The molecular formula is C12H13N3OS. The maximum absolute atomic E-state index is 7.49. The zero-order valence-electron chi connectivity index (χ0n) is 9.43. The minimum absolute atomic E-state index is 0.0878. The average Bonchev–Trinajstić information content (AvgIpc) is 2.73. The number of amidine groups is 1. The number of oxazole rings is 1. The lowest BCUT2D eigenvalue weighted by Crippen LogP contribution is -2.13. The molecule has 4 nitrogen and oxygen atoms in total. The molecule has 0 aliphatic rings. The molecule has 1 aromatic carbocycles. The molecule has 0 spiro atoms. The Morgan fingerprint density at radius 1 is 1.47 bits per heavy atom. The van der Waals surface area contributed by atoms with E-state index in [2.05, 4.69) is 4.98 Å². The molecule has 0 unspecified atom stereocenters. The van der Waals surface area contributed by atoms with Crippen molar-refractivity contribution in [2.45, 2.75) is 17.9 Å². The van der Waals surface area contributed by atoms with Crippen LogP contribution >= 0.6 is 11.8 Å². The van der Waals surface area contributed by atoms with Gasteiger partial charge in [-0.1, -0.05) is 36.0 Å². The molecule has 17 heavy (non-hydrogen) atoms. The Morgan fingerprint density at radius 2 is 2.24 bits per heavy atom. The van der Waals surface area contributed by atoms with E-state index in [1.807, 2.05) is 31.2 Å². The van der Waals surface area contributed by atoms with Gasteiger partial charge in [0.15, 0.2) is 0 Å². The first kappa shape index (κ1) is 11.7. The number of nitrogens with zero attached hydrogens (tertiary/aromatic N) is 1. The summed E-state index contributed by atoms with van der Waals surface area (Å²) in [7, 11) is 0. The lowest BCUT2D eigenvalue weighted by Gasteiger charge is -2.05. The molecule has 1 heterocycles. The number of hydrogen-bond donors (Lipinski definition) is 2. The summed E-state index contributed by atoms with van der Waals surface area (Å²) in [4.78, 5) is 4.21. The van der Waals surface area contributed by atoms with Crippen molar-refractivity contribution in [1.82, 2.24) is 4.98 Å². The van der Waals surface area contributed by atoms with Gasteiger partial charge < -0.3 is 10.2 Å². The van der Waals surface area contributed by atoms with Crippen LogP contribution in [0.1, 0.15) is 16.8 Å². The van der Waals surface area contributed by atoms with Crippen molar-refractivity contribution in [3.63, 3.8) is 0 Å². The van der Waals surface area contributed by atoms with Crippen molar-refractivity contribution >= 4 is 17.6 Å². The molecule has 0 aliphatic carbocycles. The number of nitrogen functional groups attached to an aromatic ring is 1. The van der Waals surface area contributed by atoms with Crippen molar-refractivity contribution in [2.75, 3.05) is 0 Å². The normalized spacial score (nSPS) is 10.4. The van der Waals surface area contributed by atoms with E-state index in [-0.39, 0.29) is 5.84 Å². The minimum Gasteiger partial charge on any atom is -0.440 e. The minimum atomic E-state index is 0.0878. The smallest absolute Gasteiger partial charge is 0.256 e. The van der Waals surface area contributed by atoms with Crippen LogP contribution in [0.2, 0.25) is 0 Å². The molecule has 0 saturated heterocycles. The van der Waals surface area contributed by atoms with Gasteiger partial charge in [-0.25, -0.2) is 4.98 Å². The monoisotopic (exact) mass is 247 g/mol. The second kappa shape index (κ2) is 5.05. The zero-order chi connectivity index (χ0) is 12.3. The molecule has 2 rings (SSSR count). The first-order valence-corrected chi connectivity index (χ1v) is 6.12. The highest BCUT2D eigenvalue weighted by molar-refractivity contribution is 7.98. The third kappa shape index (κ3) is 2.88. The summed E-state index contributed by atoms with van der Waals surface area (Å²) >= 11 is 1.50. The maximum Gasteiger partial charge on any atom is 0.256 e. The van der Waals surface area contributed by atoms with Crippen molar-refractivity contribution < 1.29 is 4.42 Å². The predicted octanol–water partition coefficient (Wildman–Crippen LogP) is 2.56. The quantitative estimate of drug-likeness (QED) is 0.494. The summed E-state index contributed by atoms with van der Waals surface area (Å²) in [5.74, 6) is 0.778. The van der Waals surface area contributed by atoms with Crippen molar-refractivity contribution in [3.8, 4) is 0 Å². The molecule has 0 saturated carbocycles. The fraction of sp³-hybridized carbons (Fsp3) is 0.167. The Kier molecular flexibility index (Phi) is 3.49. The van der Waals surface area contributed by atoms with Gasteiger partial charge in [0.05, 0.1) is 5.69 Å². The number of benzene rings is 1. The predicted molar refractivity (Wildman–Crippen MR) is 68.3 cm³/mol. The van der Waals surface area contributed by atoms with Crippen molar-refractivity contribution in [2.24, 2.45) is 5.73 Å². The third-order valence-electron chi connectivity index (χ3n) is 2.26. The Balaban J connectivity index is 2.11. The van der Waals surface area contributed by atoms with Crippen LogP contribution in [0.15, 0.2) is 40.2 Å². The van der Waals surface area contributed by atoms with E-state index in [4.69, 9.17) is 15.6 Å². The number of rotatable bonds is 4. The number of aromatic nitrogens is 1. The largest absolute Gasteiger partial charge is 0.440 e. The number of aryl methyl sites for hydroxylation is 1. The number of nitrogens with two attached hydrogens (primary N) is 1. The third-order valence-corrected chi connectivity index (χ3v) is 3.15. The molecule has 3 N–H and O–H groups in total. The van der Waals surface area contributed by atoms with Crippen LogP contribution in [0, 0.1) is 12.3 Å². The van der Waals surface area contributed by atoms with Gasteiger partial charge in [0.2, 0.25) is 0 Å². The first-order chi connectivity index (χ1) is 8.16. The summed E-state index contributed by atoms with van der Waals surface area (Å²) in [6.07, 6.45) is 1.62. The zero-order valence-corrected chi connectivity index (χ0v) is 10.3. The maximum atomic E-state index is 7.49. The van der Waals surface area contributed by atoms with Gasteiger partial charge >= 0.3 is 0 Å². The molecule has 0 atom stereocenters. The van der Waals surface area contributed by atoms with Crippen LogP contribution < -0.4 is 5.73 Å². The molecule has 0 amide bonds. The Labute approximate surface area is 104 Å². The molecular weight excluding hydrogens is 234 g/mol. The molecule has 0 bridgehead atoms. The van der Waals surface area contributed by atoms with E-state index in [9.17, 15) is 0 Å². The molecule has 0 radical (unpaired) electrons. The van der Waals surface area contributed by atoms with E-state index in [1.54, 1.807) is 6.26 Å². The first-order valence-electron chi connectivity index (χ1n) is 5.14. The molecule has 5 heteroatoms. The Morgan fingerprint density at radius 3 is 2.88 bits per heavy atom. The second-order valence-electron chi connectivity index (χ2n) is 3.61. The fourth-order valence-electron chi connectivity index (χ4n) is 1.45. The highest BCUT2D eigenvalue weighted by Gasteiger charge is 2.07. The van der Waals surface area contributed by atoms with Crippen LogP contribution in [0.4, 0.5) is 0 Å². The van der Waals surface area contributed by atoms with Crippen LogP contribution in [0.25, 0.3) is 0 Å². The van der Waals surface area contributed by atoms with Crippen LogP contribution in [-0.2, 0) is 5.75 Å². The Hall–Kier alpha value is -1.75. The van der Waals surface area contributed by atoms with Gasteiger partial charge in [0, 0.05) is 11.3 Å². The average molecular weight is 247 g/mol. The molecule has 1 aromatic heterocycles. The molecule has 0 aliphatic heterocycles. The second-order valence-corrected chi connectivity index (χ2v) is 4.54. The number of hydrogen-bond acceptors (Lipinski definition) is 4. The van der Waals surface area contributed by atoms with Gasteiger partial charge in [0.1, 0.15) is 12.1 Å². The van der Waals surface area contributed by atoms with Crippen LogP contribution in [0.5, 0.6) is 0 Å². The fourth-order valence-corrected chi connectivity index (χ4v) is 2.30. The Bertz CT molecular complexity index is 536. The van der Waals surface area contributed by atoms with Crippen LogP contribution in [0.3, 0.4) is 0 Å². The van der Waals surface area contributed by atoms with E-state index in [1.165, 1.54) is 11.8 Å². The van der Waals surface area contributed by atoms with Gasteiger partial charge in [0.25, 0.3) is 5.22 Å². The van der Waals surface area contributed by atoms with E-state index >= 15 is 0 Å². The number of nitrogens with one attached hydrogen (secondary N) is 1. The summed E-state index contributed by atoms with van der Waals surface area (Å²) in [5, 5.41) is 8.13. The van der Waals surface area contributed by atoms with Gasteiger partial charge in [-0.15, -0.1) is 0 Å². The van der Waals surface area contributed by atoms with E-state index in [0.29, 0.717) is 11.0 Å². The van der Waals surface area contributed by atoms with Crippen LogP contribution in [-0.4, -0.2) is 10.8 Å². The molecule has 2 aromatic rings. The van der Waals surface area contributed by atoms with Gasteiger partial charge in [-0.2, -0.15) is 0 Å². The topological polar surface area (TPSA) is 75.9 Å². The van der Waals surface area contributed by atoms with Gasteiger partial charge in [-0.05, 0) is 12.5 Å². The summed E-state index contributed by atoms with van der Waals surface area (Å²) in [5.41, 5.74) is 8.17. The van der Waals surface area contributed by atoms with E-state index in [0.717, 1.165) is 16.8 Å². The highest BCUT2D eigenvalue weighted by atomic mass is 32.2. The highest BCUT2D eigenvalue weighted by Crippen LogP contribution is 2.23. The molecule has 0 fully saturated rings. The lowest BCUT2D eigenvalue weighted by atomic mass is 10.1. The summed E-state index contributed by atoms with van der Waals surface area (Å²) in [6, 6.07) is 7.61.